The van der Waals surface area contributed by atoms with Gasteiger partial charge in [0, 0.05) is 29.6 Å². The SMILES string of the molecule is Clc1ccc2cc(N3CCC4(CN5CCC4CC5)O3)ncc2c1. The van der Waals surface area contributed by atoms with E-state index < -0.39 is 0 Å². The van der Waals surface area contributed by atoms with E-state index in [0.717, 1.165) is 41.1 Å². The highest BCUT2D eigenvalue weighted by Gasteiger charge is 2.52. The summed E-state index contributed by atoms with van der Waals surface area (Å²) in [6.07, 6.45) is 5.55. The first-order valence-electron chi connectivity index (χ1n) is 8.46. The number of halogens is 1. The fourth-order valence-corrected chi connectivity index (χ4v) is 4.69. The van der Waals surface area contributed by atoms with Gasteiger partial charge in [0.15, 0.2) is 5.82 Å². The number of hydroxylamine groups is 1. The lowest BCUT2D eigenvalue weighted by atomic mass is 9.74. The van der Waals surface area contributed by atoms with Gasteiger partial charge in [-0.25, -0.2) is 10.0 Å². The Morgan fingerprint density at radius 1 is 1.13 bits per heavy atom. The highest BCUT2D eigenvalue weighted by atomic mass is 35.5. The second-order valence-electron chi connectivity index (χ2n) is 7.09. The highest BCUT2D eigenvalue weighted by molar-refractivity contribution is 6.31. The molecule has 120 valence electrons. The minimum atomic E-state index is 0.0210. The molecule has 1 unspecified atom stereocenters. The smallest absolute Gasteiger partial charge is 0.152 e. The van der Waals surface area contributed by atoms with Gasteiger partial charge in [0.25, 0.3) is 0 Å². The van der Waals surface area contributed by atoms with Crippen LogP contribution < -0.4 is 5.06 Å². The van der Waals surface area contributed by atoms with Gasteiger partial charge >= 0.3 is 0 Å². The molecule has 0 aliphatic carbocycles. The molecule has 4 aliphatic heterocycles. The molecule has 4 aliphatic rings. The van der Waals surface area contributed by atoms with Crippen molar-refractivity contribution in [1.82, 2.24) is 9.88 Å². The molecule has 1 aromatic carbocycles. The Bertz CT molecular complexity index is 759. The molecule has 4 saturated heterocycles. The van der Waals surface area contributed by atoms with Crippen molar-refractivity contribution >= 4 is 28.2 Å². The van der Waals surface area contributed by atoms with E-state index in [4.69, 9.17) is 16.4 Å². The molecule has 1 spiro atoms. The molecule has 2 bridgehead atoms. The third-order valence-corrected chi connectivity index (χ3v) is 6.01. The summed E-state index contributed by atoms with van der Waals surface area (Å²) >= 11 is 6.05. The van der Waals surface area contributed by atoms with E-state index in [9.17, 15) is 0 Å². The monoisotopic (exact) mass is 329 g/mol. The molecule has 6 rings (SSSR count). The molecule has 5 heteroatoms. The van der Waals surface area contributed by atoms with Crippen LogP contribution in [-0.4, -0.2) is 41.7 Å². The van der Waals surface area contributed by atoms with E-state index in [1.165, 1.54) is 25.9 Å². The van der Waals surface area contributed by atoms with Gasteiger partial charge in [-0.1, -0.05) is 17.7 Å². The van der Waals surface area contributed by atoms with E-state index in [1.54, 1.807) is 0 Å². The van der Waals surface area contributed by atoms with Crippen molar-refractivity contribution in [2.75, 3.05) is 31.2 Å². The number of aromatic nitrogens is 1. The van der Waals surface area contributed by atoms with Gasteiger partial charge in [-0.2, -0.15) is 0 Å². The van der Waals surface area contributed by atoms with Crippen LogP contribution in [0.25, 0.3) is 10.8 Å². The molecule has 4 fully saturated rings. The lowest BCUT2D eigenvalue weighted by Gasteiger charge is -2.50. The van der Waals surface area contributed by atoms with Crippen LogP contribution in [0.4, 0.5) is 5.82 Å². The van der Waals surface area contributed by atoms with Crippen LogP contribution >= 0.6 is 11.6 Å². The minimum absolute atomic E-state index is 0.0210. The number of hydrogen-bond acceptors (Lipinski definition) is 4. The Morgan fingerprint density at radius 2 is 2.00 bits per heavy atom. The summed E-state index contributed by atoms with van der Waals surface area (Å²) in [6, 6.07) is 8.02. The summed E-state index contributed by atoms with van der Waals surface area (Å²) in [6.45, 7) is 4.49. The van der Waals surface area contributed by atoms with Crippen molar-refractivity contribution in [3.8, 4) is 0 Å². The number of fused-ring (bicyclic) bond motifs is 3. The zero-order valence-corrected chi connectivity index (χ0v) is 13.8. The highest BCUT2D eigenvalue weighted by Crippen LogP contribution is 2.45. The standard InChI is InChI=1S/C18H20ClN3O/c19-16-2-1-13-10-17(20-11-14(13)9-16)22-8-5-18(23-22)12-21-6-3-15(18)4-7-21/h1-2,9-11,15H,3-8,12H2. The largest absolute Gasteiger partial charge is 0.300 e. The molecule has 0 N–H and O–H groups in total. The molecule has 4 nitrogen and oxygen atoms in total. The topological polar surface area (TPSA) is 28.6 Å². The Kier molecular flexibility index (Phi) is 3.09. The van der Waals surface area contributed by atoms with Crippen LogP contribution in [0.15, 0.2) is 30.5 Å². The van der Waals surface area contributed by atoms with Crippen LogP contribution in [0.2, 0.25) is 5.02 Å². The summed E-state index contributed by atoms with van der Waals surface area (Å²) in [5.41, 5.74) is 0.0210. The Morgan fingerprint density at radius 3 is 2.78 bits per heavy atom. The number of rotatable bonds is 1. The summed E-state index contributed by atoms with van der Waals surface area (Å²) in [5.74, 6) is 1.62. The maximum absolute atomic E-state index is 6.49. The fourth-order valence-electron chi connectivity index (χ4n) is 4.51. The van der Waals surface area contributed by atoms with Crippen molar-refractivity contribution in [2.24, 2.45) is 5.92 Å². The van der Waals surface area contributed by atoms with Gasteiger partial charge in [-0.05, 0) is 55.4 Å². The van der Waals surface area contributed by atoms with E-state index in [1.807, 2.05) is 29.5 Å². The molecule has 2 aromatic rings. The second-order valence-corrected chi connectivity index (χ2v) is 7.53. The number of piperidine rings is 3. The molecule has 0 radical (unpaired) electrons. The average Bonchev–Trinajstić information content (AvgIpc) is 2.99. The van der Waals surface area contributed by atoms with Crippen molar-refractivity contribution in [2.45, 2.75) is 24.9 Å². The van der Waals surface area contributed by atoms with Crippen molar-refractivity contribution in [3.05, 3.63) is 35.5 Å². The summed E-state index contributed by atoms with van der Waals surface area (Å²) in [4.78, 5) is 13.6. The molecular formula is C18H20ClN3O. The van der Waals surface area contributed by atoms with Crippen molar-refractivity contribution < 1.29 is 4.84 Å². The third kappa shape index (κ3) is 2.24. The van der Waals surface area contributed by atoms with Gasteiger partial charge < -0.3 is 4.90 Å². The van der Waals surface area contributed by atoms with Crippen LogP contribution in [-0.2, 0) is 4.84 Å². The van der Waals surface area contributed by atoms with E-state index >= 15 is 0 Å². The zero-order chi connectivity index (χ0) is 15.4. The number of nitrogens with zero attached hydrogens (tertiary/aromatic N) is 3. The minimum Gasteiger partial charge on any atom is -0.300 e. The van der Waals surface area contributed by atoms with Gasteiger partial charge in [-0.3, -0.25) is 4.84 Å². The lowest BCUT2D eigenvalue weighted by molar-refractivity contribution is -0.131. The normalized spacial score (nSPS) is 33.0. The first-order valence-corrected chi connectivity index (χ1v) is 8.84. The Labute approximate surface area is 140 Å². The quantitative estimate of drug-likeness (QED) is 0.800. The first kappa shape index (κ1) is 14.0. The second kappa shape index (κ2) is 5.07. The maximum atomic E-state index is 6.49. The average molecular weight is 330 g/mol. The summed E-state index contributed by atoms with van der Waals surface area (Å²) in [5, 5.41) is 4.97. The number of hydrogen-bond donors (Lipinski definition) is 0. The Hall–Kier alpha value is -1.36. The van der Waals surface area contributed by atoms with Gasteiger partial charge in [0.1, 0.15) is 5.60 Å². The number of benzene rings is 1. The van der Waals surface area contributed by atoms with Crippen LogP contribution in [0.1, 0.15) is 19.3 Å². The van der Waals surface area contributed by atoms with E-state index in [2.05, 4.69) is 16.0 Å². The molecule has 0 amide bonds. The zero-order valence-electron chi connectivity index (χ0n) is 13.0. The first-order chi connectivity index (χ1) is 11.2. The van der Waals surface area contributed by atoms with E-state index in [-0.39, 0.29) is 5.60 Å². The predicted molar refractivity (Wildman–Crippen MR) is 91.7 cm³/mol. The number of anilines is 1. The predicted octanol–water partition coefficient (Wildman–Crippen LogP) is 3.49. The van der Waals surface area contributed by atoms with Crippen LogP contribution in [0.5, 0.6) is 0 Å². The van der Waals surface area contributed by atoms with E-state index in [0.29, 0.717) is 5.92 Å². The van der Waals surface area contributed by atoms with Crippen LogP contribution in [0, 0.1) is 5.92 Å². The third-order valence-electron chi connectivity index (χ3n) is 5.78. The Balaban J connectivity index is 1.44. The molecular weight excluding hydrogens is 310 g/mol. The lowest BCUT2D eigenvalue weighted by Crippen LogP contribution is -2.59. The molecule has 5 heterocycles. The summed E-state index contributed by atoms with van der Waals surface area (Å²) < 4.78 is 0. The fraction of sp³-hybridized carbons (Fsp3) is 0.500. The molecule has 23 heavy (non-hydrogen) atoms. The summed E-state index contributed by atoms with van der Waals surface area (Å²) in [7, 11) is 0. The van der Waals surface area contributed by atoms with Gasteiger partial charge in [0.05, 0.1) is 6.54 Å². The molecule has 1 aromatic heterocycles. The van der Waals surface area contributed by atoms with Crippen molar-refractivity contribution in [3.63, 3.8) is 0 Å². The van der Waals surface area contributed by atoms with Gasteiger partial charge in [-0.15, -0.1) is 0 Å². The molecule has 1 atom stereocenters. The number of pyridine rings is 1. The maximum Gasteiger partial charge on any atom is 0.152 e. The van der Waals surface area contributed by atoms with Crippen LogP contribution in [0.3, 0.4) is 0 Å². The van der Waals surface area contributed by atoms with Crippen molar-refractivity contribution in [1.29, 1.82) is 0 Å². The van der Waals surface area contributed by atoms with Gasteiger partial charge in [0.2, 0.25) is 0 Å². The molecule has 0 saturated carbocycles.